The molecule has 1 fully saturated rings. The van der Waals surface area contributed by atoms with Crippen molar-refractivity contribution in [2.45, 2.75) is 19.4 Å². The Kier molecular flexibility index (Phi) is 3.89. The third kappa shape index (κ3) is 2.78. The highest BCUT2D eigenvalue weighted by molar-refractivity contribution is 6.30. The van der Waals surface area contributed by atoms with Crippen LogP contribution in [0.4, 0.5) is 0 Å². The molecule has 2 aromatic heterocycles. The number of hydrogen-bond donors (Lipinski definition) is 1. The SMILES string of the molecule is Cc1cc(Cl)cnc1O[C@@H](c1ncco1)[C@H]1CCNC1. The molecule has 0 unspecified atom stereocenters. The van der Waals surface area contributed by atoms with Crippen molar-refractivity contribution >= 4 is 11.6 Å². The van der Waals surface area contributed by atoms with Crippen molar-refractivity contribution in [1.29, 1.82) is 0 Å². The Morgan fingerprint density at radius 3 is 3.05 bits per heavy atom. The molecule has 1 saturated heterocycles. The zero-order valence-electron chi connectivity index (χ0n) is 11.2. The Morgan fingerprint density at radius 1 is 1.50 bits per heavy atom. The molecule has 3 heterocycles. The summed E-state index contributed by atoms with van der Waals surface area (Å²) in [6.07, 6.45) is 5.59. The maximum Gasteiger partial charge on any atom is 0.235 e. The van der Waals surface area contributed by atoms with E-state index in [1.54, 1.807) is 18.7 Å². The predicted molar refractivity (Wildman–Crippen MR) is 74.8 cm³/mol. The van der Waals surface area contributed by atoms with Crippen molar-refractivity contribution in [3.63, 3.8) is 0 Å². The van der Waals surface area contributed by atoms with Crippen LogP contribution in [0.2, 0.25) is 5.02 Å². The average molecular weight is 294 g/mol. The van der Waals surface area contributed by atoms with Crippen molar-refractivity contribution in [2.24, 2.45) is 5.92 Å². The standard InChI is InChI=1S/C14H16ClN3O2/c1-9-6-11(15)8-18-13(9)20-12(10-2-3-16-7-10)14-17-4-5-19-14/h4-6,8,10,12,16H,2-3,7H2,1H3/t10-,12+/m0/s1. The summed E-state index contributed by atoms with van der Waals surface area (Å²) in [6.45, 7) is 3.80. The topological polar surface area (TPSA) is 60.2 Å². The van der Waals surface area contributed by atoms with Gasteiger partial charge in [-0.25, -0.2) is 9.97 Å². The first-order chi connectivity index (χ1) is 9.74. The van der Waals surface area contributed by atoms with Gasteiger partial charge in [-0.15, -0.1) is 0 Å². The minimum atomic E-state index is -0.229. The van der Waals surface area contributed by atoms with Crippen molar-refractivity contribution in [3.05, 3.63) is 41.2 Å². The summed E-state index contributed by atoms with van der Waals surface area (Å²) in [7, 11) is 0. The van der Waals surface area contributed by atoms with Gasteiger partial charge >= 0.3 is 0 Å². The molecule has 0 aliphatic carbocycles. The zero-order chi connectivity index (χ0) is 13.9. The van der Waals surface area contributed by atoms with E-state index < -0.39 is 0 Å². The molecule has 0 spiro atoms. The van der Waals surface area contributed by atoms with Crippen LogP contribution in [0.25, 0.3) is 0 Å². The van der Waals surface area contributed by atoms with Crippen molar-refractivity contribution in [1.82, 2.24) is 15.3 Å². The Hall–Kier alpha value is -1.59. The van der Waals surface area contributed by atoms with Crippen LogP contribution in [0.15, 0.2) is 29.1 Å². The number of aryl methyl sites for hydroxylation is 1. The maximum absolute atomic E-state index is 6.06. The summed E-state index contributed by atoms with van der Waals surface area (Å²) < 4.78 is 11.5. The molecule has 0 bridgehead atoms. The van der Waals surface area contributed by atoms with Crippen LogP contribution in [0.1, 0.15) is 24.0 Å². The van der Waals surface area contributed by atoms with Crippen molar-refractivity contribution in [3.8, 4) is 5.88 Å². The van der Waals surface area contributed by atoms with E-state index in [0.717, 1.165) is 25.1 Å². The number of pyridine rings is 1. The van der Waals surface area contributed by atoms with Gasteiger partial charge in [-0.2, -0.15) is 0 Å². The van der Waals surface area contributed by atoms with Gasteiger partial charge in [0, 0.05) is 24.2 Å². The van der Waals surface area contributed by atoms with E-state index in [1.165, 1.54) is 0 Å². The van der Waals surface area contributed by atoms with Crippen molar-refractivity contribution < 1.29 is 9.15 Å². The molecule has 0 amide bonds. The van der Waals surface area contributed by atoms with Crippen LogP contribution in [-0.2, 0) is 0 Å². The van der Waals surface area contributed by atoms with Crippen LogP contribution in [0.3, 0.4) is 0 Å². The fourth-order valence-electron chi connectivity index (χ4n) is 2.43. The molecule has 0 radical (unpaired) electrons. The molecule has 3 rings (SSSR count). The molecule has 1 aliphatic rings. The lowest BCUT2D eigenvalue weighted by Crippen LogP contribution is -2.22. The summed E-state index contributed by atoms with van der Waals surface area (Å²) in [5.41, 5.74) is 0.903. The molecule has 106 valence electrons. The van der Waals surface area contributed by atoms with E-state index in [-0.39, 0.29) is 6.10 Å². The van der Waals surface area contributed by atoms with E-state index in [4.69, 9.17) is 20.8 Å². The van der Waals surface area contributed by atoms with E-state index in [9.17, 15) is 0 Å². The Balaban J connectivity index is 1.86. The minimum Gasteiger partial charge on any atom is -0.464 e. The van der Waals surface area contributed by atoms with Gasteiger partial charge in [0.1, 0.15) is 6.26 Å². The third-order valence-electron chi connectivity index (χ3n) is 3.46. The number of nitrogens with one attached hydrogen (secondary N) is 1. The van der Waals surface area contributed by atoms with E-state index in [0.29, 0.717) is 22.7 Å². The molecule has 5 nitrogen and oxygen atoms in total. The fraction of sp³-hybridized carbons (Fsp3) is 0.429. The summed E-state index contributed by atoms with van der Waals surface area (Å²) in [5.74, 6) is 1.49. The normalized spacial score (nSPS) is 20.0. The fourth-order valence-corrected chi connectivity index (χ4v) is 2.64. The van der Waals surface area contributed by atoms with Gasteiger partial charge in [-0.05, 0) is 26.0 Å². The smallest absolute Gasteiger partial charge is 0.235 e. The molecule has 2 atom stereocenters. The van der Waals surface area contributed by atoms with Gasteiger partial charge in [0.05, 0.1) is 11.2 Å². The summed E-state index contributed by atoms with van der Waals surface area (Å²) in [6, 6.07) is 1.84. The molecule has 20 heavy (non-hydrogen) atoms. The minimum absolute atomic E-state index is 0.229. The van der Waals surface area contributed by atoms with Gasteiger partial charge in [0.2, 0.25) is 11.8 Å². The lowest BCUT2D eigenvalue weighted by Gasteiger charge is -2.21. The average Bonchev–Trinajstić information content (AvgIpc) is 3.11. The summed E-state index contributed by atoms with van der Waals surface area (Å²) >= 11 is 5.92. The Morgan fingerprint density at radius 2 is 2.40 bits per heavy atom. The molecule has 2 aromatic rings. The van der Waals surface area contributed by atoms with E-state index >= 15 is 0 Å². The molecule has 1 N–H and O–H groups in total. The van der Waals surface area contributed by atoms with Crippen LogP contribution in [0.5, 0.6) is 5.88 Å². The third-order valence-corrected chi connectivity index (χ3v) is 3.66. The second-order valence-electron chi connectivity index (χ2n) is 4.94. The molecular weight excluding hydrogens is 278 g/mol. The zero-order valence-corrected chi connectivity index (χ0v) is 11.9. The lowest BCUT2D eigenvalue weighted by molar-refractivity contribution is 0.108. The molecule has 0 saturated carbocycles. The number of nitrogens with zero attached hydrogens (tertiary/aromatic N) is 2. The number of ether oxygens (including phenoxy) is 1. The number of aromatic nitrogens is 2. The highest BCUT2D eigenvalue weighted by Gasteiger charge is 2.32. The van der Waals surface area contributed by atoms with Crippen molar-refractivity contribution in [2.75, 3.05) is 13.1 Å². The quantitative estimate of drug-likeness (QED) is 0.939. The summed E-state index contributed by atoms with van der Waals surface area (Å²) in [5, 5.41) is 3.94. The maximum atomic E-state index is 6.06. The summed E-state index contributed by atoms with van der Waals surface area (Å²) in [4.78, 5) is 8.49. The molecular formula is C14H16ClN3O2. The van der Waals surface area contributed by atoms with E-state index in [2.05, 4.69) is 15.3 Å². The second kappa shape index (κ2) is 5.81. The van der Waals surface area contributed by atoms with Gasteiger partial charge in [0.25, 0.3) is 0 Å². The van der Waals surface area contributed by atoms with Crippen LogP contribution < -0.4 is 10.1 Å². The highest BCUT2D eigenvalue weighted by atomic mass is 35.5. The Labute approximate surface area is 122 Å². The Bertz CT molecular complexity index is 568. The van der Waals surface area contributed by atoms with Gasteiger partial charge < -0.3 is 14.5 Å². The molecule has 6 heteroatoms. The molecule has 0 aromatic carbocycles. The lowest BCUT2D eigenvalue weighted by atomic mass is 10.0. The van der Waals surface area contributed by atoms with E-state index in [1.807, 2.05) is 13.0 Å². The number of halogens is 1. The van der Waals surface area contributed by atoms with Gasteiger partial charge in [-0.1, -0.05) is 11.6 Å². The number of oxazole rings is 1. The first kappa shape index (κ1) is 13.4. The monoisotopic (exact) mass is 293 g/mol. The van der Waals surface area contributed by atoms with Gasteiger partial charge in [0.15, 0.2) is 6.10 Å². The van der Waals surface area contributed by atoms with Crippen LogP contribution in [0, 0.1) is 12.8 Å². The van der Waals surface area contributed by atoms with Gasteiger partial charge in [-0.3, -0.25) is 0 Å². The first-order valence-electron chi connectivity index (χ1n) is 6.63. The predicted octanol–water partition coefficient (Wildman–Crippen LogP) is 2.76. The highest BCUT2D eigenvalue weighted by Crippen LogP contribution is 2.32. The first-order valence-corrected chi connectivity index (χ1v) is 7.01. The van der Waals surface area contributed by atoms with Crippen LogP contribution >= 0.6 is 11.6 Å². The number of hydrogen-bond acceptors (Lipinski definition) is 5. The number of rotatable bonds is 4. The largest absolute Gasteiger partial charge is 0.464 e. The second-order valence-corrected chi connectivity index (χ2v) is 5.37. The molecule has 1 aliphatic heterocycles. The van der Waals surface area contributed by atoms with Crippen LogP contribution in [-0.4, -0.2) is 23.1 Å².